The quantitative estimate of drug-likeness (QED) is 0.908. The van der Waals surface area contributed by atoms with Crippen LogP contribution in [0.4, 0.5) is 0 Å². The second-order valence-corrected chi connectivity index (χ2v) is 8.02. The zero-order valence-corrected chi connectivity index (χ0v) is 13.2. The van der Waals surface area contributed by atoms with Crippen molar-refractivity contribution in [3.05, 3.63) is 15.8 Å². The third kappa shape index (κ3) is 2.86. The van der Waals surface area contributed by atoms with Crippen LogP contribution < -0.4 is 5.73 Å². The van der Waals surface area contributed by atoms with Crippen LogP contribution in [0.5, 0.6) is 0 Å². The number of aryl methyl sites for hydroxylation is 1. The molecule has 1 saturated heterocycles. The van der Waals surface area contributed by atoms with Crippen molar-refractivity contribution >= 4 is 21.4 Å². The first kappa shape index (κ1) is 15.0. The molecule has 0 radical (unpaired) electrons. The average molecular weight is 302 g/mol. The van der Waals surface area contributed by atoms with E-state index in [9.17, 15) is 8.42 Å². The lowest BCUT2D eigenvalue weighted by Gasteiger charge is -2.17. The van der Waals surface area contributed by atoms with Gasteiger partial charge in [-0.05, 0) is 36.6 Å². The van der Waals surface area contributed by atoms with E-state index in [1.165, 1.54) is 11.3 Å². The Kier molecular flexibility index (Phi) is 4.66. The van der Waals surface area contributed by atoms with Gasteiger partial charge in [0.1, 0.15) is 4.90 Å². The van der Waals surface area contributed by atoms with Crippen molar-refractivity contribution in [3.8, 4) is 0 Å². The molecule has 1 aliphatic rings. The van der Waals surface area contributed by atoms with Crippen LogP contribution in [0.25, 0.3) is 0 Å². The molecule has 0 amide bonds. The first-order chi connectivity index (χ1) is 9.00. The molecule has 1 unspecified atom stereocenters. The van der Waals surface area contributed by atoms with Gasteiger partial charge in [-0.15, -0.1) is 11.3 Å². The van der Waals surface area contributed by atoms with Gasteiger partial charge in [0.25, 0.3) is 0 Å². The molecule has 1 aliphatic heterocycles. The molecule has 1 aromatic rings. The minimum absolute atomic E-state index is 0.291. The van der Waals surface area contributed by atoms with Crippen LogP contribution in [0.3, 0.4) is 0 Å². The zero-order chi connectivity index (χ0) is 14.0. The number of nitrogens with zero attached hydrogens (tertiary/aromatic N) is 1. The van der Waals surface area contributed by atoms with E-state index in [0.29, 0.717) is 30.4 Å². The molecule has 19 heavy (non-hydrogen) atoms. The summed E-state index contributed by atoms with van der Waals surface area (Å²) in [5, 5.41) is 1.88. The summed E-state index contributed by atoms with van der Waals surface area (Å²) in [7, 11) is -3.36. The predicted octanol–water partition coefficient (Wildman–Crippen LogP) is 2.33. The van der Waals surface area contributed by atoms with Gasteiger partial charge in [0.05, 0.1) is 0 Å². The Labute approximate surface area is 119 Å². The van der Waals surface area contributed by atoms with E-state index < -0.39 is 10.0 Å². The molecule has 1 aromatic heterocycles. The third-order valence-electron chi connectivity index (χ3n) is 3.72. The Bertz CT molecular complexity index is 537. The van der Waals surface area contributed by atoms with Crippen molar-refractivity contribution in [2.24, 2.45) is 11.7 Å². The first-order valence-corrected chi connectivity index (χ1v) is 9.09. The van der Waals surface area contributed by atoms with Crippen molar-refractivity contribution in [1.29, 1.82) is 0 Å². The van der Waals surface area contributed by atoms with Crippen LogP contribution in [-0.2, 0) is 16.6 Å². The van der Waals surface area contributed by atoms with Crippen LogP contribution in [-0.4, -0.2) is 25.8 Å². The number of hydrogen-bond donors (Lipinski definition) is 1. The lowest BCUT2D eigenvalue weighted by Crippen LogP contribution is -2.30. The highest BCUT2D eigenvalue weighted by Crippen LogP contribution is 2.32. The Balaban J connectivity index is 2.26. The molecule has 2 rings (SSSR count). The summed E-state index contributed by atoms with van der Waals surface area (Å²) < 4.78 is 27.1. The van der Waals surface area contributed by atoms with E-state index in [4.69, 9.17) is 5.73 Å². The maximum absolute atomic E-state index is 12.7. The monoisotopic (exact) mass is 302 g/mol. The van der Waals surface area contributed by atoms with Gasteiger partial charge < -0.3 is 5.73 Å². The maximum Gasteiger partial charge on any atom is 0.244 e. The van der Waals surface area contributed by atoms with Gasteiger partial charge in [-0.3, -0.25) is 0 Å². The number of thiophene rings is 1. The number of rotatable bonds is 5. The van der Waals surface area contributed by atoms with E-state index in [-0.39, 0.29) is 0 Å². The van der Waals surface area contributed by atoms with E-state index in [1.807, 2.05) is 12.3 Å². The summed E-state index contributed by atoms with van der Waals surface area (Å²) in [5.41, 5.74) is 6.49. The van der Waals surface area contributed by atoms with Crippen molar-refractivity contribution in [2.75, 3.05) is 13.1 Å². The summed E-state index contributed by atoms with van der Waals surface area (Å²) in [6.45, 7) is 5.59. The lowest BCUT2D eigenvalue weighted by molar-refractivity contribution is 0.444. The molecule has 2 heterocycles. The van der Waals surface area contributed by atoms with E-state index >= 15 is 0 Å². The molecular formula is C13H22N2O2S2. The molecule has 108 valence electrons. The molecular weight excluding hydrogens is 280 g/mol. The second-order valence-electron chi connectivity index (χ2n) is 5.18. The lowest BCUT2D eigenvalue weighted by atomic mass is 10.0. The first-order valence-electron chi connectivity index (χ1n) is 6.77. The SMILES string of the molecule is CCCC1CCN(S(=O)(=O)c2c(C)csc2CN)C1. The van der Waals surface area contributed by atoms with Gasteiger partial charge in [0.15, 0.2) is 0 Å². The molecule has 2 N–H and O–H groups in total. The second kappa shape index (κ2) is 5.91. The van der Waals surface area contributed by atoms with Crippen LogP contribution >= 0.6 is 11.3 Å². The van der Waals surface area contributed by atoms with Crippen LogP contribution in [0.2, 0.25) is 0 Å². The summed E-state index contributed by atoms with van der Waals surface area (Å²) in [6, 6.07) is 0. The standard InChI is InChI=1S/C13H22N2O2S2/c1-3-4-11-5-6-15(8-11)19(16,17)13-10(2)9-18-12(13)7-14/h9,11H,3-8,14H2,1-2H3. The predicted molar refractivity (Wildman–Crippen MR) is 78.7 cm³/mol. The largest absolute Gasteiger partial charge is 0.326 e. The molecule has 0 aliphatic carbocycles. The summed E-state index contributed by atoms with van der Waals surface area (Å²) in [6.07, 6.45) is 3.21. The molecule has 4 nitrogen and oxygen atoms in total. The Morgan fingerprint density at radius 2 is 2.26 bits per heavy atom. The Morgan fingerprint density at radius 3 is 2.89 bits per heavy atom. The number of nitrogens with two attached hydrogens (primary N) is 1. The Morgan fingerprint density at radius 1 is 1.53 bits per heavy atom. The molecule has 0 saturated carbocycles. The highest BCUT2D eigenvalue weighted by atomic mass is 32.2. The van der Waals surface area contributed by atoms with E-state index in [2.05, 4.69) is 6.92 Å². The smallest absolute Gasteiger partial charge is 0.244 e. The fourth-order valence-electron chi connectivity index (χ4n) is 2.76. The van der Waals surface area contributed by atoms with Crippen molar-refractivity contribution in [3.63, 3.8) is 0 Å². The van der Waals surface area contributed by atoms with Crippen LogP contribution in [0.1, 0.15) is 36.6 Å². The number of sulfonamides is 1. The van der Waals surface area contributed by atoms with E-state index in [0.717, 1.165) is 29.7 Å². The highest BCUT2D eigenvalue weighted by molar-refractivity contribution is 7.89. The molecule has 1 atom stereocenters. The molecule has 0 bridgehead atoms. The van der Waals surface area contributed by atoms with Crippen molar-refractivity contribution < 1.29 is 8.42 Å². The fourth-order valence-corrected chi connectivity index (χ4v) is 5.95. The molecule has 1 fully saturated rings. The van der Waals surface area contributed by atoms with Gasteiger partial charge in [0, 0.05) is 24.5 Å². The highest BCUT2D eigenvalue weighted by Gasteiger charge is 2.34. The van der Waals surface area contributed by atoms with E-state index in [1.54, 1.807) is 4.31 Å². The maximum atomic E-state index is 12.7. The average Bonchev–Trinajstić information content (AvgIpc) is 2.96. The minimum atomic E-state index is -3.36. The van der Waals surface area contributed by atoms with Crippen molar-refractivity contribution in [1.82, 2.24) is 4.31 Å². The van der Waals surface area contributed by atoms with Crippen molar-refractivity contribution in [2.45, 2.75) is 44.6 Å². The van der Waals surface area contributed by atoms with Gasteiger partial charge >= 0.3 is 0 Å². The topological polar surface area (TPSA) is 63.4 Å². The van der Waals surface area contributed by atoms with Crippen LogP contribution in [0, 0.1) is 12.8 Å². The zero-order valence-electron chi connectivity index (χ0n) is 11.6. The van der Waals surface area contributed by atoms with Gasteiger partial charge in [-0.1, -0.05) is 13.3 Å². The minimum Gasteiger partial charge on any atom is -0.326 e. The fraction of sp³-hybridized carbons (Fsp3) is 0.692. The third-order valence-corrected chi connectivity index (χ3v) is 7.07. The summed E-state index contributed by atoms with van der Waals surface area (Å²) >= 11 is 1.44. The van der Waals surface area contributed by atoms with Gasteiger partial charge in [-0.25, -0.2) is 8.42 Å². The molecule has 0 spiro atoms. The normalized spacial score (nSPS) is 21.1. The van der Waals surface area contributed by atoms with Crippen LogP contribution in [0.15, 0.2) is 10.3 Å². The molecule has 0 aromatic carbocycles. The Hall–Kier alpha value is -0.430. The molecule has 6 heteroatoms. The number of hydrogen-bond acceptors (Lipinski definition) is 4. The summed E-state index contributed by atoms with van der Waals surface area (Å²) in [5.74, 6) is 0.514. The van der Waals surface area contributed by atoms with Gasteiger partial charge in [-0.2, -0.15) is 4.31 Å². The van der Waals surface area contributed by atoms with Gasteiger partial charge in [0.2, 0.25) is 10.0 Å². The summed E-state index contributed by atoms with van der Waals surface area (Å²) in [4.78, 5) is 1.23.